The van der Waals surface area contributed by atoms with Crippen LogP contribution in [0.2, 0.25) is 0 Å². The van der Waals surface area contributed by atoms with E-state index in [9.17, 15) is 9.90 Å². The summed E-state index contributed by atoms with van der Waals surface area (Å²) in [5.74, 6) is 0.899. The first-order valence-electron chi connectivity index (χ1n) is 8.70. The Hall–Kier alpha value is -3.31. The molecule has 0 saturated heterocycles. The molecular formula is C22H19NO4. The van der Waals surface area contributed by atoms with Crippen LogP contribution in [0, 0.1) is 6.92 Å². The van der Waals surface area contributed by atoms with Crippen LogP contribution in [0.15, 0.2) is 80.6 Å². The Morgan fingerprint density at radius 3 is 2.63 bits per heavy atom. The number of hydrogen-bond donors (Lipinski definition) is 2. The molecule has 136 valence electrons. The molecule has 0 saturated carbocycles. The summed E-state index contributed by atoms with van der Waals surface area (Å²) < 4.78 is 10.9. The van der Waals surface area contributed by atoms with Gasteiger partial charge in [0.1, 0.15) is 17.1 Å². The molecule has 4 aromatic rings. The van der Waals surface area contributed by atoms with Gasteiger partial charge in [-0.3, -0.25) is 5.32 Å². The van der Waals surface area contributed by atoms with Crippen LogP contribution in [0.25, 0.3) is 11.0 Å². The zero-order valence-electron chi connectivity index (χ0n) is 14.8. The Kier molecular flexibility index (Phi) is 4.52. The van der Waals surface area contributed by atoms with E-state index in [1.807, 2.05) is 42.5 Å². The normalized spacial score (nSPS) is 12.3. The van der Waals surface area contributed by atoms with Gasteiger partial charge in [-0.15, -0.1) is 0 Å². The number of phenolic OH excluding ortho intramolecular Hbond substituents is 1. The Morgan fingerprint density at radius 2 is 1.89 bits per heavy atom. The second-order valence-electron chi connectivity index (χ2n) is 6.42. The van der Waals surface area contributed by atoms with E-state index in [0.717, 1.165) is 22.3 Å². The molecule has 0 fully saturated rings. The van der Waals surface area contributed by atoms with Crippen molar-refractivity contribution in [1.82, 2.24) is 5.32 Å². The zero-order chi connectivity index (χ0) is 18.8. The number of benzene rings is 2. The van der Waals surface area contributed by atoms with Crippen LogP contribution in [0.3, 0.4) is 0 Å². The molecule has 0 radical (unpaired) electrons. The van der Waals surface area contributed by atoms with Crippen LogP contribution >= 0.6 is 0 Å². The third-order valence-electron chi connectivity index (χ3n) is 4.68. The van der Waals surface area contributed by atoms with Crippen LogP contribution in [0.5, 0.6) is 5.75 Å². The van der Waals surface area contributed by atoms with Gasteiger partial charge < -0.3 is 13.9 Å². The van der Waals surface area contributed by atoms with Gasteiger partial charge in [-0.25, -0.2) is 4.79 Å². The van der Waals surface area contributed by atoms with Gasteiger partial charge in [0.2, 0.25) is 0 Å². The van der Waals surface area contributed by atoms with Crippen molar-refractivity contribution in [1.29, 1.82) is 0 Å². The monoisotopic (exact) mass is 361 g/mol. The number of phenols is 1. The lowest BCUT2D eigenvalue weighted by Gasteiger charge is -2.18. The van der Waals surface area contributed by atoms with Gasteiger partial charge in [0, 0.05) is 23.6 Å². The highest BCUT2D eigenvalue weighted by molar-refractivity contribution is 5.84. The minimum absolute atomic E-state index is 0.105. The molecule has 4 rings (SSSR count). The fourth-order valence-electron chi connectivity index (χ4n) is 3.26. The smallest absolute Gasteiger partial charge is 0.336 e. The molecule has 2 aromatic heterocycles. The second-order valence-corrected chi connectivity index (χ2v) is 6.42. The Morgan fingerprint density at radius 1 is 1.07 bits per heavy atom. The first kappa shape index (κ1) is 17.1. The Balaban J connectivity index is 1.71. The number of aromatic hydroxyl groups is 1. The quantitative estimate of drug-likeness (QED) is 0.519. The van der Waals surface area contributed by atoms with Gasteiger partial charge in [0.25, 0.3) is 0 Å². The molecular weight excluding hydrogens is 342 g/mol. The minimum atomic E-state index is -0.442. The molecule has 0 bridgehead atoms. The minimum Gasteiger partial charge on any atom is -0.508 e. The van der Waals surface area contributed by atoms with Crippen LogP contribution in [-0.2, 0) is 6.54 Å². The van der Waals surface area contributed by atoms with Crippen molar-refractivity contribution in [2.75, 3.05) is 0 Å². The van der Waals surface area contributed by atoms with E-state index in [-0.39, 0.29) is 11.8 Å². The lowest BCUT2D eigenvalue weighted by Crippen LogP contribution is -2.22. The van der Waals surface area contributed by atoms with E-state index < -0.39 is 5.63 Å². The van der Waals surface area contributed by atoms with Crippen LogP contribution in [-0.4, -0.2) is 5.11 Å². The Bertz CT molecular complexity index is 1110. The van der Waals surface area contributed by atoms with E-state index in [2.05, 4.69) is 5.32 Å². The van der Waals surface area contributed by atoms with Crippen molar-refractivity contribution in [3.8, 4) is 5.75 Å². The molecule has 1 atom stereocenters. The number of rotatable bonds is 5. The fraction of sp³-hybridized carbons (Fsp3) is 0.136. The van der Waals surface area contributed by atoms with Crippen molar-refractivity contribution in [2.45, 2.75) is 19.5 Å². The molecule has 2 heterocycles. The zero-order valence-corrected chi connectivity index (χ0v) is 14.8. The molecule has 27 heavy (non-hydrogen) atoms. The van der Waals surface area contributed by atoms with Crippen molar-refractivity contribution < 1.29 is 13.9 Å². The lowest BCUT2D eigenvalue weighted by atomic mass is 10.0. The van der Waals surface area contributed by atoms with Crippen LogP contribution in [0.4, 0.5) is 0 Å². The van der Waals surface area contributed by atoms with Gasteiger partial charge in [-0.1, -0.05) is 30.3 Å². The van der Waals surface area contributed by atoms with E-state index >= 15 is 0 Å². The summed E-state index contributed by atoms with van der Waals surface area (Å²) in [6.45, 7) is 2.17. The average Bonchev–Trinajstić information content (AvgIpc) is 3.20. The highest BCUT2D eigenvalue weighted by Gasteiger charge is 2.17. The molecule has 0 aliphatic rings. The van der Waals surface area contributed by atoms with Crippen molar-refractivity contribution in [2.24, 2.45) is 0 Å². The molecule has 2 N–H and O–H groups in total. The number of fused-ring (bicyclic) bond motifs is 1. The summed E-state index contributed by atoms with van der Waals surface area (Å²) >= 11 is 0. The van der Waals surface area contributed by atoms with E-state index in [4.69, 9.17) is 8.83 Å². The lowest BCUT2D eigenvalue weighted by molar-refractivity contribution is 0.445. The predicted molar refractivity (Wildman–Crippen MR) is 103 cm³/mol. The number of nitrogens with one attached hydrogen (secondary N) is 1. The van der Waals surface area contributed by atoms with Crippen LogP contribution < -0.4 is 10.9 Å². The second kappa shape index (κ2) is 7.13. The molecule has 5 heteroatoms. The maximum Gasteiger partial charge on any atom is 0.336 e. The summed E-state index contributed by atoms with van der Waals surface area (Å²) in [5, 5.41) is 14.2. The summed E-state index contributed by atoms with van der Waals surface area (Å²) in [6, 6.07) is 18.5. The molecule has 5 nitrogen and oxygen atoms in total. The summed E-state index contributed by atoms with van der Waals surface area (Å²) in [5.41, 5.74) is 2.39. The largest absolute Gasteiger partial charge is 0.508 e. The number of hydrogen-bond acceptors (Lipinski definition) is 5. The standard InChI is InChI=1S/C22H19NO4/c1-14-18(24)10-9-17-16(12-20(25)27-22(14)17)13-23-21(19-8-5-11-26-19)15-6-3-2-4-7-15/h2-12,21,23-24H,13H2,1H3/t21-/m0/s1. The molecule has 0 aliphatic carbocycles. The van der Waals surface area contributed by atoms with Gasteiger partial charge >= 0.3 is 5.63 Å². The maximum absolute atomic E-state index is 12.0. The highest BCUT2D eigenvalue weighted by Crippen LogP contribution is 2.28. The van der Waals surface area contributed by atoms with Gasteiger partial charge in [0.15, 0.2) is 0 Å². The SMILES string of the molecule is Cc1c(O)ccc2c(CN[C@@H](c3ccccc3)c3ccco3)cc(=O)oc12. The number of aryl methyl sites for hydroxylation is 1. The van der Waals surface area contributed by atoms with E-state index in [1.165, 1.54) is 6.07 Å². The fourth-order valence-corrected chi connectivity index (χ4v) is 3.26. The summed E-state index contributed by atoms with van der Waals surface area (Å²) in [7, 11) is 0. The average molecular weight is 361 g/mol. The summed E-state index contributed by atoms with van der Waals surface area (Å²) in [4.78, 5) is 12.0. The maximum atomic E-state index is 12.0. The molecule has 2 aromatic carbocycles. The molecule has 0 aliphatic heterocycles. The third-order valence-corrected chi connectivity index (χ3v) is 4.68. The Labute approximate surface area is 155 Å². The first-order valence-corrected chi connectivity index (χ1v) is 8.70. The molecule has 0 unspecified atom stereocenters. The molecule has 0 spiro atoms. The van der Waals surface area contributed by atoms with Crippen molar-refractivity contribution >= 4 is 11.0 Å². The molecule has 0 amide bonds. The van der Waals surface area contributed by atoms with Gasteiger partial charge in [-0.05, 0) is 42.3 Å². The van der Waals surface area contributed by atoms with Crippen molar-refractivity contribution in [3.63, 3.8) is 0 Å². The predicted octanol–water partition coefficient (Wildman–Crippen LogP) is 4.28. The summed E-state index contributed by atoms with van der Waals surface area (Å²) in [6.07, 6.45) is 1.64. The van der Waals surface area contributed by atoms with E-state index in [1.54, 1.807) is 25.3 Å². The number of furan rings is 1. The van der Waals surface area contributed by atoms with Crippen LogP contribution in [0.1, 0.15) is 28.5 Å². The van der Waals surface area contributed by atoms with Gasteiger partial charge in [0.05, 0.1) is 12.3 Å². The third kappa shape index (κ3) is 3.37. The van der Waals surface area contributed by atoms with Crippen molar-refractivity contribution in [3.05, 3.63) is 99.8 Å². The topological polar surface area (TPSA) is 75.6 Å². The highest BCUT2D eigenvalue weighted by atomic mass is 16.4. The van der Waals surface area contributed by atoms with Gasteiger partial charge in [-0.2, -0.15) is 0 Å². The van der Waals surface area contributed by atoms with E-state index in [0.29, 0.717) is 17.7 Å². The first-order chi connectivity index (χ1) is 13.1.